The average Bonchev–Trinajstić information content (AvgIpc) is 2.41. The molecule has 1 fully saturated rings. The van der Waals surface area contributed by atoms with Gasteiger partial charge in [0.1, 0.15) is 0 Å². The quantitative estimate of drug-likeness (QED) is 0.859. The second kappa shape index (κ2) is 6.96. The molecular weight excluding hydrogens is 256 g/mol. The molecule has 0 aromatic heterocycles. The van der Waals surface area contributed by atoms with E-state index in [9.17, 15) is 4.79 Å². The number of piperidine rings is 1. The van der Waals surface area contributed by atoms with Gasteiger partial charge in [0.2, 0.25) is 5.91 Å². The van der Waals surface area contributed by atoms with Gasteiger partial charge in [-0.2, -0.15) is 0 Å². The highest BCUT2D eigenvalue weighted by atomic mass is 32.2. The van der Waals surface area contributed by atoms with Gasteiger partial charge in [-0.15, -0.1) is 11.8 Å². The third kappa shape index (κ3) is 3.98. The maximum atomic E-state index is 12.3. The van der Waals surface area contributed by atoms with Gasteiger partial charge in [-0.3, -0.25) is 4.79 Å². The van der Waals surface area contributed by atoms with Crippen molar-refractivity contribution in [3.8, 4) is 0 Å². The van der Waals surface area contributed by atoms with E-state index in [4.69, 9.17) is 0 Å². The molecular formula is C15H22N2OS. The molecule has 3 nitrogen and oxygen atoms in total. The van der Waals surface area contributed by atoms with Crippen molar-refractivity contribution in [2.75, 3.05) is 31.2 Å². The van der Waals surface area contributed by atoms with Crippen LogP contribution in [0.5, 0.6) is 0 Å². The molecule has 0 unspecified atom stereocenters. The van der Waals surface area contributed by atoms with Crippen molar-refractivity contribution in [1.82, 2.24) is 4.90 Å². The molecule has 1 saturated heterocycles. The van der Waals surface area contributed by atoms with Gasteiger partial charge in [-0.1, -0.05) is 19.1 Å². The van der Waals surface area contributed by atoms with E-state index in [1.165, 1.54) is 0 Å². The van der Waals surface area contributed by atoms with Crippen molar-refractivity contribution in [2.24, 2.45) is 5.92 Å². The van der Waals surface area contributed by atoms with Crippen LogP contribution in [-0.2, 0) is 4.79 Å². The lowest BCUT2D eigenvalue weighted by molar-refractivity contribution is -0.121. The molecule has 104 valence electrons. The minimum Gasteiger partial charge on any atom is -0.325 e. The molecule has 1 aliphatic heterocycles. The molecule has 4 heteroatoms. The molecule has 19 heavy (non-hydrogen) atoms. The third-order valence-corrected chi connectivity index (χ3v) is 4.40. The number of thioether (sulfide) groups is 1. The molecule has 1 N–H and O–H groups in total. The minimum absolute atomic E-state index is 0.124. The Morgan fingerprint density at radius 3 is 3.00 bits per heavy atom. The normalized spacial score (nSPS) is 20.2. The Bertz CT molecular complexity index is 436. The number of nitrogens with zero attached hydrogens (tertiary/aromatic N) is 1. The molecule has 1 heterocycles. The lowest BCUT2D eigenvalue weighted by atomic mass is 9.97. The lowest BCUT2D eigenvalue weighted by Crippen LogP contribution is -2.38. The highest BCUT2D eigenvalue weighted by Gasteiger charge is 2.24. The Hall–Kier alpha value is -1.00. The zero-order valence-electron chi connectivity index (χ0n) is 11.7. The summed E-state index contributed by atoms with van der Waals surface area (Å²) in [5.41, 5.74) is 0.951. The van der Waals surface area contributed by atoms with E-state index in [0.717, 1.165) is 42.3 Å². The number of hydrogen-bond donors (Lipinski definition) is 1. The number of carbonyl (C=O) groups excluding carboxylic acids is 1. The van der Waals surface area contributed by atoms with Gasteiger partial charge in [0.25, 0.3) is 0 Å². The molecule has 2 rings (SSSR count). The van der Waals surface area contributed by atoms with Crippen molar-refractivity contribution in [3.63, 3.8) is 0 Å². The zero-order chi connectivity index (χ0) is 13.7. The van der Waals surface area contributed by atoms with Crippen LogP contribution in [0.4, 0.5) is 5.69 Å². The topological polar surface area (TPSA) is 32.3 Å². The maximum Gasteiger partial charge on any atom is 0.228 e. The molecule has 0 aliphatic carbocycles. The van der Waals surface area contributed by atoms with Gasteiger partial charge in [0.15, 0.2) is 0 Å². The van der Waals surface area contributed by atoms with Crippen molar-refractivity contribution in [2.45, 2.75) is 24.7 Å². The van der Waals surface area contributed by atoms with E-state index in [1.54, 1.807) is 11.8 Å². The van der Waals surface area contributed by atoms with Crippen LogP contribution < -0.4 is 5.32 Å². The first-order valence-corrected chi connectivity index (χ1v) is 7.90. The number of likely N-dealkylation sites (tertiary alicyclic amines) is 1. The molecule has 1 aliphatic rings. The largest absolute Gasteiger partial charge is 0.325 e. The van der Waals surface area contributed by atoms with Crippen LogP contribution in [0.3, 0.4) is 0 Å². The third-order valence-electron chi connectivity index (χ3n) is 3.44. The second-order valence-electron chi connectivity index (χ2n) is 5.02. The standard InChI is InChI=1S/C15H22N2OS/c1-3-19-14-9-5-4-8-13(14)16-15(18)12-7-6-10-17(2)11-12/h4-5,8-9,12H,3,6-7,10-11H2,1-2H3,(H,16,18)/t12-/m0/s1. The lowest BCUT2D eigenvalue weighted by Gasteiger charge is -2.28. The van der Waals surface area contributed by atoms with Crippen LogP contribution in [0.15, 0.2) is 29.2 Å². The number of carbonyl (C=O) groups is 1. The fraction of sp³-hybridized carbons (Fsp3) is 0.533. The predicted molar refractivity (Wildman–Crippen MR) is 81.7 cm³/mol. The van der Waals surface area contributed by atoms with Gasteiger partial charge in [-0.25, -0.2) is 0 Å². The van der Waals surface area contributed by atoms with Crippen molar-refractivity contribution < 1.29 is 4.79 Å². The minimum atomic E-state index is 0.124. The monoisotopic (exact) mass is 278 g/mol. The van der Waals surface area contributed by atoms with Crippen LogP contribution in [-0.4, -0.2) is 36.7 Å². The highest BCUT2D eigenvalue weighted by molar-refractivity contribution is 7.99. The molecule has 0 radical (unpaired) electrons. The first-order valence-electron chi connectivity index (χ1n) is 6.92. The van der Waals surface area contributed by atoms with E-state index < -0.39 is 0 Å². The van der Waals surface area contributed by atoms with E-state index in [1.807, 2.05) is 18.2 Å². The molecule has 1 aromatic carbocycles. The summed E-state index contributed by atoms with van der Waals surface area (Å²) in [5.74, 6) is 1.30. The Labute approximate surface area is 119 Å². The Balaban J connectivity index is 2.02. The number of hydrogen-bond acceptors (Lipinski definition) is 3. The van der Waals surface area contributed by atoms with E-state index in [0.29, 0.717) is 0 Å². The summed E-state index contributed by atoms with van der Waals surface area (Å²) < 4.78 is 0. The number of benzene rings is 1. The Morgan fingerprint density at radius 2 is 2.26 bits per heavy atom. The summed E-state index contributed by atoms with van der Waals surface area (Å²) in [7, 11) is 2.08. The fourth-order valence-corrected chi connectivity index (χ4v) is 3.23. The molecule has 0 bridgehead atoms. The highest BCUT2D eigenvalue weighted by Crippen LogP contribution is 2.27. The van der Waals surface area contributed by atoms with Crippen molar-refractivity contribution >= 4 is 23.4 Å². The SMILES string of the molecule is CCSc1ccccc1NC(=O)[C@H]1CCCN(C)C1. The first-order chi connectivity index (χ1) is 9.20. The van der Waals surface area contributed by atoms with Crippen LogP contribution >= 0.6 is 11.8 Å². The van der Waals surface area contributed by atoms with E-state index >= 15 is 0 Å². The average molecular weight is 278 g/mol. The number of anilines is 1. The Kier molecular flexibility index (Phi) is 5.28. The first kappa shape index (κ1) is 14.4. The molecule has 1 aromatic rings. The summed E-state index contributed by atoms with van der Waals surface area (Å²) in [5, 5.41) is 3.10. The van der Waals surface area contributed by atoms with Gasteiger partial charge < -0.3 is 10.2 Å². The Morgan fingerprint density at radius 1 is 1.47 bits per heavy atom. The second-order valence-corrected chi connectivity index (χ2v) is 6.33. The summed E-state index contributed by atoms with van der Waals surface area (Å²) in [6, 6.07) is 8.05. The molecule has 0 spiro atoms. The maximum absolute atomic E-state index is 12.3. The fourth-order valence-electron chi connectivity index (χ4n) is 2.47. The summed E-state index contributed by atoms with van der Waals surface area (Å²) in [6.07, 6.45) is 2.11. The summed E-state index contributed by atoms with van der Waals surface area (Å²) in [6.45, 7) is 4.10. The number of rotatable bonds is 4. The van der Waals surface area contributed by atoms with Gasteiger partial charge >= 0.3 is 0 Å². The van der Waals surface area contributed by atoms with Gasteiger partial charge in [-0.05, 0) is 44.3 Å². The number of para-hydroxylation sites is 1. The predicted octanol–water partition coefficient (Wildman–Crippen LogP) is 3.08. The van der Waals surface area contributed by atoms with Crippen molar-refractivity contribution in [1.29, 1.82) is 0 Å². The van der Waals surface area contributed by atoms with Crippen LogP contribution in [0.1, 0.15) is 19.8 Å². The molecule has 1 amide bonds. The van der Waals surface area contributed by atoms with Crippen LogP contribution in [0, 0.1) is 5.92 Å². The summed E-state index contributed by atoms with van der Waals surface area (Å²) in [4.78, 5) is 15.7. The molecule has 0 saturated carbocycles. The number of nitrogens with one attached hydrogen (secondary N) is 1. The van der Waals surface area contributed by atoms with Gasteiger partial charge in [0.05, 0.1) is 11.6 Å². The zero-order valence-corrected chi connectivity index (χ0v) is 12.5. The van der Waals surface area contributed by atoms with E-state index in [-0.39, 0.29) is 11.8 Å². The smallest absolute Gasteiger partial charge is 0.228 e. The van der Waals surface area contributed by atoms with Gasteiger partial charge in [0, 0.05) is 11.4 Å². The summed E-state index contributed by atoms with van der Waals surface area (Å²) >= 11 is 1.77. The van der Waals surface area contributed by atoms with Crippen LogP contribution in [0.2, 0.25) is 0 Å². The number of amides is 1. The van der Waals surface area contributed by atoms with E-state index in [2.05, 4.69) is 30.3 Å². The van der Waals surface area contributed by atoms with Crippen molar-refractivity contribution in [3.05, 3.63) is 24.3 Å². The molecule has 1 atom stereocenters. The van der Waals surface area contributed by atoms with Crippen LogP contribution in [0.25, 0.3) is 0 Å².